The van der Waals surface area contributed by atoms with Gasteiger partial charge < -0.3 is 4.74 Å². The Morgan fingerprint density at radius 3 is 2.29 bits per heavy atom. The zero-order valence-corrected chi connectivity index (χ0v) is 12.0. The van der Waals surface area contributed by atoms with Gasteiger partial charge in [0.25, 0.3) is 0 Å². The number of alkyl halides is 3. The molecule has 0 aromatic heterocycles. The highest BCUT2D eigenvalue weighted by molar-refractivity contribution is 5.25. The van der Waals surface area contributed by atoms with E-state index in [2.05, 4.69) is 5.43 Å². The van der Waals surface area contributed by atoms with E-state index in [4.69, 9.17) is 10.6 Å². The molecule has 3 nitrogen and oxygen atoms in total. The summed E-state index contributed by atoms with van der Waals surface area (Å²) in [4.78, 5) is 0. The van der Waals surface area contributed by atoms with Gasteiger partial charge in [-0.1, -0.05) is 12.1 Å². The highest BCUT2D eigenvalue weighted by Crippen LogP contribution is 2.39. The summed E-state index contributed by atoms with van der Waals surface area (Å²) in [5.41, 5.74) is 2.83. The van der Waals surface area contributed by atoms with Crippen molar-refractivity contribution in [1.82, 2.24) is 5.43 Å². The van der Waals surface area contributed by atoms with Gasteiger partial charge in [-0.3, -0.25) is 11.3 Å². The molecule has 0 spiro atoms. The molecule has 3 N–H and O–H groups in total. The van der Waals surface area contributed by atoms with Crippen LogP contribution in [-0.4, -0.2) is 18.8 Å². The summed E-state index contributed by atoms with van der Waals surface area (Å²) in [5.74, 6) is 5.57. The lowest BCUT2D eigenvalue weighted by Gasteiger charge is -2.42. The number of ether oxygens (including phenoxy) is 1. The molecule has 1 aromatic carbocycles. The average molecular weight is 302 g/mol. The molecule has 2 rings (SSSR count). The van der Waals surface area contributed by atoms with Crippen molar-refractivity contribution >= 4 is 0 Å². The second-order valence-corrected chi connectivity index (χ2v) is 5.71. The van der Waals surface area contributed by atoms with E-state index in [9.17, 15) is 13.2 Å². The predicted octanol–water partition coefficient (Wildman–Crippen LogP) is 3.04. The molecule has 0 bridgehead atoms. The first-order chi connectivity index (χ1) is 9.88. The summed E-state index contributed by atoms with van der Waals surface area (Å²) in [6.07, 6.45) is 0.214. The van der Waals surface area contributed by atoms with Crippen LogP contribution >= 0.6 is 0 Å². The predicted molar refractivity (Wildman–Crippen MR) is 74.5 cm³/mol. The van der Waals surface area contributed by atoms with Gasteiger partial charge >= 0.3 is 6.18 Å². The second-order valence-electron chi connectivity index (χ2n) is 5.71. The van der Waals surface area contributed by atoms with Crippen molar-refractivity contribution in [3.8, 4) is 0 Å². The van der Waals surface area contributed by atoms with E-state index in [-0.39, 0.29) is 11.6 Å². The Bertz CT molecular complexity index is 449. The fraction of sp³-hybridized carbons (Fsp3) is 0.600. The van der Waals surface area contributed by atoms with Crippen LogP contribution in [0, 0.1) is 0 Å². The van der Waals surface area contributed by atoms with Crippen LogP contribution in [-0.2, 0) is 17.3 Å². The number of nitrogens with two attached hydrogens (primary N) is 1. The summed E-state index contributed by atoms with van der Waals surface area (Å²) in [6.45, 7) is 0. The first kappa shape index (κ1) is 16.3. The Morgan fingerprint density at radius 1 is 1.29 bits per heavy atom. The van der Waals surface area contributed by atoms with Crippen LogP contribution in [0.4, 0.5) is 13.2 Å². The summed E-state index contributed by atoms with van der Waals surface area (Å²) >= 11 is 0. The Balaban J connectivity index is 1.98. The molecule has 0 radical (unpaired) electrons. The number of methoxy groups -OCH3 is 1. The largest absolute Gasteiger partial charge is 0.416 e. The maximum atomic E-state index is 12.5. The summed E-state index contributed by atoms with van der Waals surface area (Å²) in [5, 5.41) is 0. The van der Waals surface area contributed by atoms with Gasteiger partial charge in [-0.05, 0) is 49.8 Å². The van der Waals surface area contributed by atoms with Gasteiger partial charge in [0.05, 0.1) is 11.2 Å². The van der Waals surface area contributed by atoms with Crippen molar-refractivity contribution < 1.29 is 17.9 Å². The molecule has 0 saturated heterocycles. The SMILES string of the molecule is COC1(CC(Cc2ccc(C(F)(F)F)cc2)NN)CCC1. The van der Waals surface area contributed by atoms with E-state index in [1.807, 2.05) is 0 Å². The van der Waals surface area contributed by atoms with Crippen LogP contribution in [0.15, 0.2) is 24.3 Å². The lowest BCUT2D eigenvalue weighted by molar-refractivity contribution is -0.137. The zero-order valence-electron chi connectivity index (χ0n) is 12.0. The molecule has 1 atom stereocenters. The minimum Gasteiger partial charge on any atom is -0.378 e. The van der Waals surface area contributed by atoms with Crippen LogP contribution in [0.25, 0.3) is 0 Å². The average Bonchev–Trinajstić information content (AvgIpc) is 2.41. The van der Waals surface area contributed by atoms with E-state index in [0.717, 1.165) is 43.4 Å². The number of hydrazine groups is 1. The third-order valence-corrected chi connectivity index (χ3v) is 4.32. The fourth-order valence-corrected chi connectivity index (χ4v) is 2.82. The van der Waals surface area contributed by atoms with Gasteiger partial charge in [-0.15, -0.1) is 0 Å². The van der Waals surface area contributed by atoms with E-state index in [0.29, 0.717) is 6.42 Å². The van der Waals surface area contributed by atoms with Gasteiger partial charge in [0.1, 0.15) is 0 Å². The smallest absolute Gasteiger partial charge is 0.378 e. The van der Waals surface area contributed by atoms with Crippen LogP contribution < -0.4 is 11.3 Å². The summed E-state index contributed by atoms with van der Waals surface area (Å²) in [6, 6.07) is 5.22. The monoisotopic (exact) mass is 302 g/mol. The maximum absolute atomic E-state index is 12.5. The summed E-state index contributed by atoms with van der Waals surface area (Å²) < 4.78 is 43.1. The molecular formula is C15H21F3N2O. The molecule has 1 saturated carbocycles. The normalized spacial score (nSPS) is 19.1. The third-order valence-electron chi connectivity index (χ3n) is 4.32. The maximum Gasteiger partial charge on any atom is 0.416 e. The standard InChI is InChI=1S/C15H21F3N2O/c1-21-14(7-2-8-14)10-13(20-19)9-11-3-5-12(6-4-11)15(16,17)18/h3-6,13,20H,2,7-10,19H2,1H3. The molecule has 0 aliphatic heterocycles. The molecule has 0 heterocycles. The molecule has 0 amide bonds. The Kier molecular flexibility index (Phi) is 4.91. The topological polar surface area (TPSA) is 47.3 Å². The van der Waals surface area contributed by atoms with E-state index in [1.165, 1.54) is 12.1 Å². The molecular weight excluding hydrogens is 281 g/mol. The van der Waals surface area contributed by atoms with Crippen LogP contribution in [0.3, 0.4) is 0 Å². The molecule has 1 fully saturated rings. The third kappa shape index (κ3) is 3.96. The lowest BCUT2D eigenvalue weighted by Crippen LogP contribution is -2.48. The van der Waals surface area contributed by atoms with Crippen molar-refractivity contribution in [2.45, 2.75) is 49.9 Å². The quantitative estimate of drug-likeness (QED) is 0.627. The number of rotatable bonds is 6. The van der Waals surface area contributed by atoms with Gasteiger partial charge in [-0.25, -0.2) is 0 Å². The highest BCUT2D eigenvalue weighted by Gasteiger charge is 2.38. The number of hydrogen-bond donors (Lipinski definition) is 2. The van der Waals surface area contributed by atoms with Crippen molar-refractivity contribution in [1.29, 1.82) is 0 Å². The van der Waals surface area contributed by atoms with Gasteiger partial charge in [0, 0.05) is 13.2 Å². The van der Waals surface area contributed by atoms with Crippen LogP contribution in [0.2, 0.25) is 0 Å². The molecule has 1 aromatic rings. The Morgan fingerprint density at radius 2 is 1.90 bits per heavy atom. The van der Waals surface area contributed by atoms with Crippen LogP contribution in [0.5, 0.6) is 0 Å². The molecule has 118 valence electrons. The first-order valence-corrected chi connectivity index (χ1v) is 7.06. The number of nitrogens with one attached hydrogen (secondary N) is 1. The van der Waals surface area contributed by atoms with Crippen molar-refractivity contribution in [3.63, 3.8) is 0 Å². The number of benzene rings is 1. The fourth-order valence-electron chi connectivity index (χ4n) is 2.82. The molecule has 1 unspecified atom stereocenters. The Labute approximate surface area is 122 Å². The molecule has 21 heavy (non-hydrogen) atoms. The summed E-state index contributed by atoms with van der Waals surface area (Å²) in [7, 11) is 1.70. The van der Waals surface area contributed by atoms with E-state index < -0.39 is 11.7 Å². The van der Waals surface area contributed by atoms with Crippen molar-refractivity contribution in [3.05, 3.63) is 35.4 Å². The molecule has 1 aliphatic carbocycles. The van der Waals surface area contributed by atoms with Crippen molar-refractivity contribution in [2.75, 3.05) is 7.11 Å². The van der Waals surface area contributed by atoms with Crippen molar-refractivity contribution in [2.24, 2.45) is 5.84 Å². The van der Waals surface area contributed by atoms with Gasteiger partial charge in [0.2, 0.25) is 0 Å². The second kappa shape index (κ2) is 6.34. The van der Waals surface area contributed by atoms with Gasteiger partial charge in [0.15, 0.2) is 0 Å². The first-order valence-electron chi connectivity index (χ1n) is 7.06. The minimum absolute atomic E-state index is 0.0120. The highest BCUT2D eigenvalue weighted by atomic mass is 19.4. The molecule has 1 aliphatic rings. The number of halogens is 3. The number of hydrogen-bond acceptors (Lipinski definition) is 3. The van der Waals surface area contributed by atoms with Crippen LogP contribution in [0.1, 0.15) is 36.8 Å². The lowest BCUT2D eigenvalue weighted by atomic mass is 9.75. The van der Waals surface area contributed by atoms with E-state index in [1.54, 1.807) is 7.11 Å². The molecule has 6 heteroatoms. The van der Waals surface area contributed by atoms with E-state index >= 15 is 0 Å². The minimum atomic E-state index is -4.30. The zero-order chi connectivity index (χ0) is 15.5. The van der Waals surface area contributed by atoms with Gasteiger partial charge in [-0.2, -0.15) is 13.2 Å². The Hall–Kier alpha value is -1.11.